The van der Waals surface area contributed by atoms with E-state index in [1.807, 2.05) is 24.5 Å². The number of halogens is 1. The Bertz CT molecular complexity index is 1430. The van der Waals surface area contributed by atoms with Crippen molar-refractivity contribution in [3.63, 3.8) is 0 Å². The van der Waals surface area contributed by atoms with Crippen molar-refractivity contribution in [2.45, 2.75) is 13.0 Å². The third-order valence-electron chi connectivity index (χ3n) is 6.60. The topological polar surface area (TPSA) is 81.9 Å². The number of methoxy groups -OCH3 is 1. The predicted molar refractivity (Wildman–Crippen MR) is 135 cm³/mol. The number of rotatable bonds is 6. The summed E-state index contributed by atoms with van der Waals surface area (Å²) in [5, 5.41) is 0. The highest BCUT2D eigenvalue weighted by molar-refractivity contribution is 5.85. The Balaban J connectivity index is 0.00000274. The zero-order valence-electron chi connectivity index (χ0n) is 19.7. The highest BCUT2D eigenvalue weighted by Crippen LogP contribution is 2.28. The molecule has 0 spiro atoms. The molecular formula is C23H30ClN7O3. The normalized spacial score (nSPS) is 14.6. The largest absolute Gasteiger partial charge is 0.495 e. The molecule has 34 heavy (non-hydrogen) atoms. The van der Waals surface area contributed by atoms with E-state index in [1.165, 1.54) is 11.6 Å². The zero-order valence-corrected chi connectivity index (χ0v) is 20.5. The molecule has 182 valence electrons. The number of para-hydroxylation sites is 2. The number of hydrogen-bond donors (Lipinski definition) is 0. The van der Waals surface area contributed by atoms with Gasteiger partial charge in [-0.15, -0.1) is 12.4 Å². The lowest BCUT2D eigenvalue weighted by molar-refractivity contribution is 0.250. The Morgan fingerprint density at radius 1 is 0.971 bits per heavy atom. The van der Waals surface area contributed by atoms with Crippen molar-refractivity contribution in [1.82, 2.24) is 28.0 Å². The van der Waals surface area contributed by atoms with Crippen molar-refractivity contribution in [1.29, 1.82) is 0 Å². The van der Waals surface area contributed by atoms with Gasteiger partial charge < -0.3 is 14.2 Å². The first kappa shape index (κ1) is 23.9. The molecule has 0 atom stereocenters. The number of anilines is 1. The number of imidazole rings is 2. The molecule has 4 heterocycles. The molecule has 4 aromatic rings. The quantitative estimate of drug-likeness (QED) is 0.408. The molecule has 1 saturated heterocycles. The van der Waals surface area contributed by atoms with Crippen LogP contribution in [0.1, 0.15) is 6.42 Å². The highest BCUT2D eigenvalue weighted by atomic mass is 35.5. The van der Waals surface area contributed by atoms with E-state index in [2.05, 4.69) is 31.5 Å². The number of fused-ring (bicyclic) bond motifs is 3. The maximum atomic E-state index is 12.6. The first-order valence-electron chi connectivity index (χ1n) is 11.2. The van der Waals surface area contributed by atoms with Crippen LogP contribution >= 0.6 is 12.4 Å². The summed E-state index contributed by atoms with van der Waals surface area (Å²) < 4.78 is 11.9. The average Bonchev–Trinajstić information content (AvgIpc) is 3.42. The molecule has 0 N–H and O–H groups in total. The molecule has 11 heteroatoms. The van der Waals surface area contributed by atoms with Crippen LogP contribution in [0.2, 0.25) is 0 Å². The van der Waals surface area contributed by atoms with Gasteiger partial charge in [-0.1, -0.05) is 12.1 Å². The third-order valence-corrected chi connectivity index (χ3v) is 6.60. The lowest BCUT2D eigenvalue weighted by Gasteiger charge is -2.36. The molecule has 0 unspecified atom stereocenters. The van der Waals surface area contributed by atoms with E-state index >= 15 is 0 Å². The Kier molecular flexibility index (Phi) is 6.72. The standard InChI is InChI=1S/C23H29N7O3.ClH/c1-25-20-19(21(31)26(2)23(25)32)30-16-15-29(22(30)24-20)10-6-9-27-11-13-28(14-12-27)17-7-4-5-8-18(17)33-3;/h4-5,7-8,15-16H,6,9-14H2,1-3H3;1H. The number of ether oxygens (including phenoxy) is 1. The Morgan fingerprint density at radius 2 is 1.71 bits per heavy atom. The van der Waals surface area contributed by atoms with Crippen molar-refractivity contribution in [3.05, 3.63) is 57.5 Å². The molecule has 1 aromatic carbocycles. The van der Waals surface area contributed by atoms with E-state index in [1.54, 1.807) is 18.6 Å². The first-order chi connectivity index (χ1) is 16.0. The number of hydrogen-bond acceptors (Lipinski definition) is 6. The highest BCUT2D eigenvalue weighted by Gasteiger charge is 2.20. The number of aryl methyl sites for hydroxylation is 2. The minimum absolute atomic E-state index is 0. The Morgan fingerprint density at radius 3 is 2.44 bits per heavy atom. The van der Waals surface area contributed by atoms with Crippen LogP contribution in [0.3, 0.4) is 0 Å². The molecule has 1 aliphatic heterocycles. The predicted octanol–water partition coefficient (Wildman–Crippen LogP) is 1.33. The van der Waals surface area contributed by atoms with E-state index in [0.29, 0.717) is 16.9 Å². The van der Waals surface area contributed by atoms with Gasteiger partial charge in [-0.25, -0.2) is 4.79 Å². The fraction of sp³-hybridized carbons (Fsp3) is 0.435. The van der Waals surface area contributed by atoms with E-state index in [-0.39, 0.29) is 23.7 Å². The van der Waals surface area contributed by atoms with Crippen molar-refractivity contribution in [3.8, 4) is 5.75 Å². The third kappa shape index (κ3) is 3.97. The van der Waals surface area contributed by atoms with Gasteiger partial charge in [0.15, 0.2) is 11.2 Å². The van der Waals surface area contributed by atoms with Crippen molar-refractivity contribution < 1.29 is 4.74 Å². The average molecular weight is 488 g/mol. The number of nitrogens with zero attached hydrogens (tertiary/aromatic N) is 7. The fourth-order valence-corrected chi connectivity index (χ4v) is 4.70. The second-order valence-electron chi connectivity index (χ2n) is 8.51. The smallest absolute Gasteiger partial charge is 0.332 e. The lowest BCUT2D eigenvalue weighted by Crippen LogP contribution is -2.46. The number of piperazine rings is 1. The van der Waals surface area contributed by atoms with E-state index < -0.39 is 0 Å². The summed E-state index contributed by atoms with van der Waals surface area (Å²) >= 11 is 0. The van der Waals surface area contributed by atoms with Crippen LogP contribution < -0.4 is 20.9 Å². The van der Waals surface area contributed by atoms with E-state index in [4.69, 9.17) is 4.74 Å². The van der Waals surface area contributed by atoms with Gasteiger partial charge in [0.1, 0.15) is 5.75 Å². The molecule has 0 radical (unpaired) electrons. The number of benzene rings is 1. The van der Waals surface area contributed by atoms with Gasteiger partial charge >= 0.3 is 5.69 Å². The molecule has 0 aliphatic carbocycles. The molecule has 3 aromatic heterocycles. The van der Waals surface area contributed by atoms with Gasteiger partial charge in [0.25, 0.3) is 5.56 Å². The first-order valence-corrected chi connectivity index (χ1v) is 11.2. The van der Waals surface area contributed by atoms with Crippen molar-refractivity contribution in [2.75, 3.05) is 44.7 Å². The summed E-state index contributed by atoms with van der Waals surface area (Å²) in [6, 6.07) is 8.17. The maximum absolute atomic E-state index is 12.6. The van der Waals surface area contributed by atoms with Crippen LogP contribution in [0.15, 0.2) is 46.2 Å². The molecule has 1 fully saturated rings. The molecule has 5 rings (SSSR count). The van der Waals surface area contributed by atoms with Gasteiger partial charge in [-0.05, 0) is 25.1 Å². The van der Waals surface area contributed by atoms with Crippen molar-refractivity contribution >= 4 is 35.0 Å². The van der Waals surface area contributed by atoms with Crippen LogP contribution in [0.4, 0.5) is 5.69 Å². The molecule has 0 saturated carbocycles. The monoisotopic (exact) mass is 487 g/mol. The molecular weight excluding hydrogens is 458 g/mol. The summed E-state index contributed by atoms with van der Waals surface area (Å²) in [6.07, 6.45) is 4.77. The van der Waals surface area contributed by atoms with E-state index in [9.17, 15) is 9.59 Å². The Hall–Kier alpha value is -3.24. The molecule has 0 bridgehead atoms. The molecule has 0 amide bonds. The lowest BCUT2D eigenvalue weighted by atomic mass is 10.2. The minimum atomic E-state index is -0.368. The zero-order chi connectivity index (χ0) is 23.1. The second-order valence-corrected chi connectivity index (χ2v) is 8.51. The van der Waals surface area contributed by atoms with Gasteiger partial charge in [0.05, 0.1) is 12.8 Å². The van der Waals surface area contributed by atoms with E-state index in [0.717, 1.165) is 61.7 Å². The van der Waals surface area contributed by atoms with Crippen LogP contribution in [0, 0.1) is 0 Å². The summed E-state index contributed by atoms with van der Waals surface area (Å²) in [6.45, 7) is 5.73. The van der Waals surface area contributed by atoms with Gasteiger partial charge in [0.2, 0.25) is 5.78 Å². The maximum Gasteiger partial charge on any atom is 0.332 e. The summed E-state index contributed by atoms with van der Waals surface area (Å²) in [4.78, 5) is 34.3. The SMILES string of the molecule is COc1ccccc1N1CCN(CCCn2ccn3c4c(=O)n(C)c(=O)n(C)c4nc23)CC1.Cl. The van der Waals surface area contributed by atoms with Gasteiger partial charge in [-0.3, -0.25) is 23.2 Å². The van der Waals surface area contributed by atoms with Crippen LogP contribution in [-0.4, -0.2) is 67.8 Å². The summed E-state index contributed by atoms with van der Waals surface area (Å²) in [5.41, 5.74) is 1.31. The second kappa shape index (κ2) is 9.55. The Labute approximate surface area is 203 Å². The minimum Gasteiger partial charge on any atom is -0.495 e. The molecule has 1 aliphatic rings. The summed E-state index contributed by atoms with van der Waals surface area (Å²) in [7, 11) is 4.85. The summed E-state index contributed by atoms with van der Waals surface area (Å²) in [5.74, 6) is 1.60. The van der Waals surface area contributed by atoms with Crippen molar-refractivity contribution in [2.24, 2.45) is 14.1 Å². The van der Waals surface area contributed by atoms with Crippen LogP contribution in [-0.2, 0) is 20.6 Å². The van der Waals surface area contributed by atoms with Gasteiger partial charge in [-0.2, -0.15) is 4.98 Å². The van der Waals surface area contributed by atoms with Gasteiger partial charge in [0, 0.05) is 59.2 Å². The number of aromatic nitrogens is 5. The molecule has 10 nitrogen and oxygen atoms in total. The van der Waals surface area contributed by atoms with Crippen LogP contribution in [0.25, 0.3) is 16.9 Å². The fourth-order valence-electron chi connectivity index (χ4n) is 4.70. The van der Waals surface area contributed by atoms with Crippen LogP contribution in [0.5, 0.6) is 5.75 Å².